The summed E-state index contributed by atoms with van der Waals surface area (Å²) < 4.78 is 7.33. The Morgan fingerprint density at radius 3 is 2.58 bits per heavy atom. The van der Waals surface area contributed by atoms with Gasteiger partial charge in [-0.1, -0.05) is 20.8 Å². The Bertz CT molecular complexity index is 591. The summed E-state index contributed by atoms with van der Waals surface area (Å²) in [5.41, 5.74) is 0.989. The zero-order chi connectivity index (χ0) is 17.2. The lowest BCUT2D eigenvalue weighted by Crippen LogP contribution is -2.42. The first-order valence-electron chi connectivity index (χ1n) is 9.34. The van der Waals surface area contributed by atoms with E-state index in [2.05, 4.69) is 30.8 Å². The maximum absolute atomic E-state index is 12.3. The smallest absolute Gasteiger partial charge is 0.267 e. The highest BCUT2D eigenvalue weighted by atomic mass is 16.5. The quantitative estimate of drug-likeness (QED) is 0.853. The van der Waals surface area contributed by atoms with E-state index in [-0.39, 0.29) is 17.0 Å². The Balaban J connectivity index is 1.61. The fourth-order valence-electron chi connectivity index (χ4n) is 3.75. The number of hydrogen-bond acceptors (Lipinski definition) is 4. The van der Waals surface area contributed by atoms with Gasteiger partial charge in [0.2, 0.25) is 0 Å². The van der Waals surface area contributed by atoms with E-state index in [0.29, 0.717) is 5.92 Å². The van der Waals surface area contributed by atoms with Crippen molar-refractivity contribution in [1.82, 2.24) is 14.7 Å². The van der Waals surface area contributed by atoms with E-state index in [1.54, 1.807) is 10.7 Å². The number of rotatable bonds is 3. The standard InChI is InChI=1S/C19H31N3O2/c1-19(2,3)17-6-7-18(23)22(20-17)16-8-10-21(11-9-16)13-15-5-4-12-24-14-15/h6-7,15-16H,4-5,8-14H2,1-3H3. The van der Waals surface area contributed by atoms with Crippen molar-refractivity contribution >= 4 is 0 Å². The molecule has 0 saturated carbocycles. The van der Waals surface area contributed by atoms with Crippen LogP contribution in [0.3, 0.4) is 0 Å². The maximum Gasteiger partial charge on any atom is 0.267 e. The molecule has 1 aromatic rings. The average Bonchev–Trinajstić information content (AvgIpc) is 2.56. The van der Waals surface area contributed by atoms with Gasteiger partial charge in [0.05, 0.1) is 18.3 Å². The monoisotopic (exact) mass is 333 g/mol. The van der Waals surface area contributed by atoms with Crippen molar-refractivity contribution < 1.29 is 4.74 Å². The van der Waals surface area contributed by atoms with E-state index in [0.717, 1.165) is 51.4 Å². The Morgan fingerprint density at radius 2 is 1.96 bits per heavy atom. The summed E-state index contributed by atoms with van der Waals surface area (Å²) in [6.45, 7) is 11.5. The van der Waals surface area contributed by atoms with Crippen molar-refractivity contribution in [3.8, 4) is 0 Å². The maximum atomic E-state index is 12.3. The molecule has 0 spiro atoms. The Labute approximate surface area is 145 Å². The fraction of sp³-hybridized carbons (Fsp3) is 0.789. The largest absolute Gasteiger partial charge is 0.381 e. The predicted molar refractivity (Wildman–Crippen MR) is 95.5 cm³/mol. The highest BCUT2D eigenvalue weighted by Crippen LogP contribution is 2.24. The molecule has 5 heteroatoms. The molecule has 2 fully saturated rings. The zero-order valence-electron chi connectivity index (χ0n) is 15.3. The summed E-state index contributed by atoms with van der Waals surface area (Å²) >= 11 is 0. The van der Waals surface area contributed by atoms with Crippen LogP contribution < -0.4 is 5.56 Å². The van der Waals surface area contributed by atoms with E-state index in [1.165, 1.54) is 12.8 Å². The number of likely N-dealkylation sites (tertiary alicyclic amines) is 1. The minimum absolute atomic E-state index is 0.0298. The van der Waals surface area contributed by atoms with Gasteiger partial charge in [0.15, 0.2) is 0 Å². The van der Waals surface area contributed by atoms with E-state index >= 15 is 0 Å². The topological polar surface area (TPSA) is 47.4 Å². The van der Waals surface area contributed by atoms with Gasteiger partial charge in [-0.05, 0) is 37.7 Å². The molecule has 3 heterocycles. The number of ether oxygens (including phenoxy) is 1. The molecule has 0 amide bonds. The van der Waals surface area contributed by atoms with Gasteiger partial charge in [-0.15, -0.1) is 0 Å². The van der Waals surface area contributed by atoms with E-state index in [1.807, 2.05) is 6.07 Å². The van der Waals surface area contributed by atoms with E-state index < -0.39 is 0 Å². The zero-order valence-corrected chi connectivity index (χ0v) is 15.3. The van der Waals surface area contributed by atoms with Crippen molar-refractivity contribution in [2.75, 3.05) is 32.8 Å². The molecule has 2 aliphatic heterocycles. The van der Waals surface area contributed by atoms with E-state index in [4.69, 9.17) is 4.74 Å². The van der Waals surface area contributed by atoms with Gasteiger partial charge in [-0.3, -0.25) is 4.79 Å². The molecule has 1 atom stereocenters. The third-order valence-corrected chi connectivity index (χ3v) is 5.27. The van der Waals surface area contributed by atoms with Crippen LogP contribution in [0.25, 0.3) is 0 Å². The fourth-order valence-corrected chi connectivity index (χ4v) is 3.75. The van der Waals surface area contributed by atoms with Crippen molar-refractivity contribution in [2.45, 2.75) is 57.9 Å². The highest BCUT2D eigenvalue weighted by molar-refractivity contribution is 5.11. The van der Waals surface area contributed by atoms with Crippen LogP contribution in [0, 0.1) is 5.92 Å². The number of aromatic nitrogens is 2. The molecule has 3 rings (SSSR count). The van der Waals surface area contributed by atoms with Crippen LogP contribution >= 0.6 is 0 Å². The summed E-state index contributed by atoms with van der Waals surface area (Å²) in [6.07, 6.45) is 4.50. The molecule has 2 aliphatic rings. The van der Waals surface area contributed by atoms with Crippen molar-refractivity contribution in [2.24, 2.45) is 5.92 Å². The highest BCUT2D eigenvalue weighted by Gasteiger charge is 2.26. The lowest BCUT2D eigenvalue weighted by molar-refractivity contribution is 0.0325. The van der Waals surface area contributed by atoms with Crippen molar-refractivity contribution in [3.05, 3.63) is 28.2 Å². The van der Waals surface area contributed by atoms with Gasteiger partial charge in [0, 0.05) is 37.7 Å². The van der Waals surface area contributed by atoms with Crippen LogP contribution in [-0.2, 0) is 10.2 Å². The predicted octanol–water partition coefficient (Wildman–Crippen LogP) is 2.60. The molecule has 0 N–H and O–H groups in total. The van der Waals surface area contributed by atoms with Gasteiger partial charge >= 0.3 is 0 Å². The second-order valence-corrected chi connectivity index (χ2v) is 8.37. The molecule has 24 heavy (non-hydrogen) atoms. The molecule has 134 valence electrons. The molecular formula is C19H31N3O2. The van der Waals surface area contributed by atoms with Gasteiger partial charge in [-0.25, -0.2) is 4.68 Å². The first-order chi connectivity index (χ1) is 11.4. The van der Waals surface area contributed by atoms with Crippen LogP contribution in [0.5, 0.6) is 0 Å². The number of hydrogen-bond donors (Lipinski definition) is 0. The molecule has 0 aliphatic carbocycles. The SMILES string of the molecule is CC(C)(C)c1ccc(=O)n(C2CCN(CC3CCCOC3)CC2)n1. The van der Waals surface area contributed by atoms with Crippen LogP contribution in [0.1, 0.15) is 58.2 Å². The third-order valence-electron chi connectivity index (χ3n) is 5.27. The minimum Gasteiger partial charge on any atom is -0.381 e. The van der Waals surface area contributed by atoms with Gasteiger partial charge in [0.25, 0.3) is 5.56 Å². The molecule has 5 nitrogen and oxygen atoms in total. The lowest BCUT2D eigenvalue weighted by atomic mass is 9.92. The molecule has 1 aromatic heterocycles. The summed E-state index contributed by atoms with van der Waals surface area (Å²) in [4.78, 5) is 14.8. The summed E-state index contributed by atoms with van der Waals surface area (Å²) in [7, 11) is 0. The Hall–Kier alpha value is -1.20. The Kier molecular flexibility index (Phi) is 5.40. The first kappa shape index (κ1) is 17.6. The molecule has 0 radical (unpaired) electrons. The number of piperidine rings is 1. The molecule has 0 bridgehead atoms. The number of nitrogens with zero attached hydrogens (tertiary/aromatic N) is 3. The molecule has 0 aromatic carbocycles. The second kappa shape index (κ2) is 7.36. The summed E-state index contributed by atoms with van der Waals surface area (Å²) in [5.74, 6) is 0.681. The van der Waals surface area contributed by atoms with Gasteiger partial charge in [-0.2, -0.15) is 5.10 Å². The van der Waals surface area contributed by atoms with Crippen molar-refractivity contribution in [3.63, 3.8) is 0 Å². The van der Waals surface area contributed by atoms with E-state index in [9.17, 15) is 4.79 Å². The lowest BCUT2D eigenvalue weighted by Gasteiger charge is -2.35. The third kappa shape index (κ3) is 4.25. The average molecular weight is 333 g/mol. The second-order valence-electron chi connectivity index (χ2n) is 8.37. The first-order valence-corrected chi connectivity index (χ1v) is 9.34. The molecule has 2 saturated heterocycles. The Morgan fingerprint density at radius 1 is 1.21 bits per heavy atom. The molecule has 1 unspecified atom stereocenters. The minimum atomic E-state index is -0.0306. The summed E-state index contributed by atoms with van der Waals surface area (Å²) in [6, 6.07) is 3.79. The van der Waals surface area contributed by atoms with Crippen LogP contribution in [0.15, 0.2) is 16.9 Å². The summed E-state index contributed by atoms with van der Waals surface area (Å²) in [5, 5.41) is 4.67. The normalized spacial score (nSPS) is 24.2. The van der Waals surface area contributed by atoms with Crippen molar-refractivity contribution in [1.29, 1.82) is 0 Å². The molecular weight excluding hydrogens is 302 g/mol. The van der Waals surface area contributed by atoms with Crippen LogP contribution in [0.2, 0.25) is 0 Å². The van der Waals surface area contributed by atoms with Gasteiger partial charge in [0.1, 0.15) is 0 Å². The van der Waals surface area contributed by atoms with Crippen LogP contribution in [0.4, 0.5) is 0 Å². The van der Waals surface area contributed by atoms with Gasteiger partial charge < -0.3 is 9.64 Å². The van der Waals surface area contributed by atoms with Crippen LogP contribution in [-0.4, -0.2) is 47.5 Å².